The molecule has 1 aromatic heterocycles. The van der Waals surface area contributed by atoms with Gasteiger partial charge in [-0.15, -0.1) is 0 Å². The number of hydrogen-bond acceptors (Lipinski definition) is 1. The monoisotopic (exact) mass is 267 g/mol. The van der Waals surface area contributed by atoms with E-state index in [1.165, 1.54) is 6.07 Å². The summed E-state index contributed by atoms with van der Waals surface area (Å²) in [5, 5.41) is 0.423. The van der Waals surface area contributed by atoms with E-state index in [1.807, 2.05) is 23.6 Å². The van der Waals surface area contributed by atoms with Crippen molar-refractivity contribution in [1.29, 1.82) is 0 Å². The molecule has 18 heavy (non-hydrogen) atoms. The molecule has 0 radical (unpaired) electrons. The number of methoxy groups -OCH3 is 1. The van der Waals surface area contributed by atoms with Crippen molar-refractivity contribution in [2.24, 2.45) is 0 Å². The molecule has 0 amide bonds. The molecule has 0 aliphatic heterocycles. The summed E-state index contributed by atoms with van der Waals surface area (Å²) in [6, 6.07) is 8.56. The number of rotatable bonds is 4. The van der Waals surface area contributed by atoms with E-state index in [2.05, 4.69) is 0 Å². The van der Waals surface area contributed by atoms with Crippen molar-refractivity contribution >= 4 is 11.6 Å². The van der Waals surface area contributed by atoms with Crippen molar-refractivity contribution in [3.05, 3.63) is 46.9 Å². The maximum atomic E-state index is 13.9. The minimum Gasteiger partial charge on any atom is -0.383 e. The van der Waals surface area contributed by atoms with E-state index in [-0.39, 0.29) is 5.82 Å². The molecular weight excluding hydrogens is 253 g/mol. The Morgan fingerprint density at radius 2 is 2.06 bits per heavy atom. The lowest BCUT2D eigenvalue weighted by atomic mass is 10.1. The van der Waals surface area contributed by atoms with Gasteiger partial charge < -0.3 is 9.30 Å². The fourth-order valence-corrected chi connectivity index (χ4v) is 2.27. The summed E-state index contributed by atoms with van der Waals surface area (Å²) in [5.41, 5.74) is 2.29. The van der Waals surface area contributed by atoms with Crippen molar-refractivity contribution in [1.82, 2.24) is 4.57 Å². The lowest BCUT2D eigenvalue weighted by Crippen LogP contribution is -2.07. The minimum atomic E-state index is -0.306. The Bertz CT molecular complexity index is 530. The minimum absolute atomic E-state index is 0.306. The number of ether oxygens (including phenoxy) is 1. The molecule has 2 rings (SSSR count). The average Bonchev–Trinajstić information content (AvgIpc) is 2.68. The Labute approximate surface area is 111 Å². The van der Waals surface area contributed by atoms with Gasteiger partial charge in [-0.1, -0.05) is 17.7 Å². The zero-order valence-corrected chi connectivity index (χ0v) is 11.2. The van der Waals surface area contributed by atoms with Gasteiger partial charge >= 0.3 is 0 Å². The van der Waals surface area contributed by atoms with Crippen LogP contribution in [0.25, 0.3) is 11.3 Å². The highest BCUT2D eigenvalue weighted by Crippen LogP contribution is 2.31. The average molecular weight is 268 g/mol. The second-order valence-electron chi connectivity index (χ2n) is 4.10. The number of aromatic nitrogens is 1. The molecule has 0 bridgehead atoms. The zero-order valence-electron chi connectivity index (χ0n) is 10.4. The molecule has 4 heteroatoms. The van der Waals surface area contributed by atoms with E-state index in [1.54, 1.807) is 19.2 Å². The molecule has 0 unspecified atom stereocenters. The molecule has 0 aliphatic rings. The van der Waals surface area contributed by atoms with Crippen LogP contribution in [0.1, 0.15) is 5.69 Å². The first kappa shape index (κ1) is 13.1. The van der Waals surface area contributed by atoms with Gasteiger partial charge in [-0.3, -0.25) is 0 Å². The molecule has 2 aromatic rings. The van der Waals surface area contributed by atoms with E-state index < -0.39 is 0 Å². The molecule has 0 aliphatic carbocycles. The summed E-state index contributed by atoms with van der Waals surface area (Å²) in [5.74, 6) is -0.306. The van der Waals surface area contributed by atoms with Gasteiger partial charge in [0.1, 0.15) is 5.82 Å². The van der Waals surface area contributed by atoms with Crippen LogP contribution in [0, 0.1) is 12.7 Å². The molecule has 0 fully saturated rings. The van der Waals surface area contributed by atoms with Gasteiger partial charge in [-0.05, 0) is 31.2 Å². The molecule has 96 valence electrons. The topological polar surface area (TPSA) is 14.2 Å². The van der Waals surface area contributed by atoms with Crippen molar-refractivity contribution < 1.29 is 9.13 Å². The number of benzene rings is 1. The van der Waals surface area contributed by atoms with Crippen LogP contribution in [0.2, 0.25) is 5.02 Å². The Kier molecular flexibility index (Phi) is 4.04. The van der Waals surface area contributed by atoms with Crippen LogP contribution in [0.4, 0.5) is 4.39 Å². The zero-order chi connectivity index (χ0) is 13.1. The van der Waals surface area contributed by atoms with Crippen LogP contribution in [0.15, 0.2) is 30.3 Å². The Morgan fingerprint density at radius 1 is 1.28 bits per heavy atom. The first-order valence-corrected chi connectivity index (χ1v) is 6.12. The van der Waals surface area contributed by atoms with E-state index in [0.29, 0.717) is 23.7 Å². The number of nitrogens with zero attached hydrogens (tertiary/aromatic N) is 1. The van der Waals surface area contributed by atoms with Crippen LogP contribution in [-0.2, 0) is 11.3 Å². The summed E-state index contributed by atoms with van der Waals surface area (Å²) in [7, 11) is 1.65. The van der Waals surface area contributed by atoms with Gasteiger partial charge in [0, 0.05) is 19.3 Å². The number of aryl methyl sites for hydroxylation is 1. The molecular formula is C14H15ClFNO. The number of hydrogen-bond donors (Lipinski definition) is 0. The van der Waals surface area contributed by atoms with Crippen LogP contribution < -0.4 is 0 Å². The quantitative estimate of drug-likeness (QED) is 0.819. The SMILES string of the molecule is COCCn1c(C)ccc1-c1c(F)cccc1Cl. The lowest BCUT2D eigenvalue weighted by Gasteiger charge is -2.13. The molecule has 0 saturated heterocycles. The van der Waals surface area contributed by atoms with Gasteiger partial charge in [0.15, 0.2) is 0 Å². The highest BCUT2D eigenvalue weighted by Gasteiger charge is 2.14. The highest BCUT2D eigenvalue weighted by atomic mass is 35.5. The Hall–Kier alpha value is -1.32. The van der Waals surface area contributed by atoms with Crippen molar-refractivity contribution in [2.45, 2.75) is 13.5 Å². The third-order valence-electron chi connectivity index (χ3n) is 2.94. The predicted octanol–water partition coefficient (Wildman–Crippen LogP) is 3.90. The first-order chi connectivity index (χ1) is 8.65. The summed E-state index contributed by atoms with van der Waals surface area (Å²) < 4.78 is 21.0. The van der Waals surface area contributed by atoms with Crippen molar-refractivity contribution in [3.63, 3.8) is 0 Å². The summed E-state index contributed by atoms with van der Waals surface area (Å²) in [6.45, 7) is 3.23. The molecule has 0 N–H and O–H groups in total. The van der Waals surface area contributed by atoms with Crippen LogP contribution in [0.5, 0.6) is 0 Å². The Morgan fingerprint density at radius 3 is 2.72 bits per heavy atom. The third kappa shape index (κ3) is 2.42. The van der Waals surface area contributed by atoms with Crippen LogP contribution >= 0.6 is 11.6 Å². The highest BCUT2D eigenvalue weighted by molar-refractivity contribution is 6.33. The fourth-order valence-electron chi connectivity index (χ4n) is 2.01. The van der Waals surface area contributed by atoms with Crippen LogP contribution in [0.3, 0.4) is 0 Å². The molecule has 2 nitrogen and oxygen atoms in total. The van der Waals surface area contributed by atoms with Gasteiger partial charge in [0.25, 0.3) is 0 Å². The normalized spacial score (nSPS) is 10.9. The van der Waals surface area contributed by atoms with E-state index in [4.69, 9.17) is 16.3 Å². The van der Waals surface area contributed by atoms with Crippen LogP contribution in [-0.4, -0.2) is 18.3 Å². The smallest absolute Gasteiger partial charge is 0.134 e. The third-order valence-corrected chi connectivity index (χ3v) is 3.25. The molecule has 1 heterocycles. The van der Waals surface area contributed by atoms with E-state index >= 15 is 0 Å². The van der Waals surface area contributed by atoms with E-state index in [0.717, 1.165) is 11.4 Å². The second-order valence-corrected chi connectivity index (χ2v) is 4.51. The predicted molar refractivity (Wildman–Crippen MR) is 71.4 cm³/mol. The van der Waals surface area contributed by atoms with Gasteiger partial charge in [-0.2, -0.15) is 0 Å². The first-order valence-electron chi connectivity index (χ1n) is 5.74. The van der Waals surface area contributed by atoms with Gasteiger partial charge in [0.05, 0.1) is 22.9 Å². The van der Waals surface area contributed by atoms with Crippen molar-refractivity contribution in [3.8, 4) is 11.3 Å². The maximum absolute atomic E-state index is 13.9. The largest absolute Gasteiger partial charge is 0.383 e. The van der Waals surface area contributed by atoms with E-state index in [9.17, 15) is 4.39 Å². The van der Waals surface area contributed by atoms with Gasteiger partial charge in [-0.25, -0.2) is 4.39 Å². The second kappa shape index (κ2) is 5.55. The summed E-state index contributed by atoms with van der Waals surface area (Å²) in [4.78, 5) is 0. The fraction of sp³-hybridized carbons (Fsp3) is 0.286. The molecule has 0 spiro atoms. The molecule has 0 atom stereocenters. The maximum Gasteiger partial charge on any atom is 0.134 e. The Balaban J connectivity index is 2.51. The standard InChI is InChI=1S/C14H15ClFNO/c1-10-6-7-13(17(10)8-9-18-2)14-11(15)4-3-5-12(14)16/h3-7H,8-9H2,1-2H3. The summed E-state index contributed by atoms with van der Waals surface area (Å²) in [6.07, 6.45) is 0. The van der Waals surface area contributed by atoms with Gasteiger partial charge in [0.2, 0.25) is 0 Å². The summed E-state index contributed by atoms with van der Waals surface area (Å²) >= 11 is 6.09. The number of halogens is 2. The lowest BCUT2D eigenvalue weighted by molar-refractivity contribution is 0.187. The van der Waals surface area contributed by atoms with Crippen molar-refractivity contribution in [2.75, 3.05) is 13.7 Å². The molecule has 0 saturated carbocycles. The molecule has 1 aromatic carbocycles.